The molecule has 0 unspecified atom stereocenters. The summed E-state index contributed by atoms with van der Waals surface area (Å²) in [6, 6.07) is 6.77. The summed E-state index contributed by atoms with van der Waals surface area (Å²) < 4.78 is 18.1. The quantitative estimate of drug-likeness (QED) is 0.670. The zero-order chi connectivity index (χ0) is 17.9. The molecular weight excluding hydrogens is 317 g/mol. The van der Waals surface area contributed by atoms with Crippen LogP contribution in [0.2, 0.25) is 0 Å². The van der Waals surface area contributed by atoms with Crippen LogP contribution in [0.3, 0.4) is 0 Å². The van der Waals surface area contributed by atoms with E-state index in [4.69, 9.17) is 4.74 Å². The largest absolute Gasteiger partial charge is 0.493 e. The number of hydrogen-bond acceptors (Lipinski definition) is 5. The zero-order valence-corrected chi connectivity index (χ0v) is 13.4. The van der Waals surface area contributed by atoms with E-state index in [-0.39, 0.29) is 17.3 Å². The molecule has 126 valence electrons. The maximum Gasteiger partial charge on any atom is 0.291 e. The number of nitrogens with one attached hydrogen (secondary N) is 1. The Bertz CT molecular complexity index is 775. The summed E-state index contributed by atoms with van der Waals surface area (Å²) in [4.78, 5) is 26.6. The molecule has 2 rings (SSSR count). The summed E-state index contributed by atoms with van der Waals surface area (Å²) in [5.41, 5.74) is -0.604. The molecule has 1 N–H and O–H groups in total. The number of rotatable bonds is 5. The van der Waals surface area contributed by atoms with Gasteiger partial charge in [0.1, 0.15) is 12.0 Å². The number of methoxy groups -OCH3 is 1. The van der Waals surface area contributed by atoms with Gasteiger partial charge in [-0.3, -0.25) is 14.9 Å². The number of hydrogen-bond donors (Lipinski definition) is 1. The second-order valence-electron chi connectivity index (χ2n) is 5.59. The van der Waals surface area contributed by atoms with Gasteiger partial charge in [-0.15, -0.1) is 0 Å². The van der Waals surface area contributed by atoms with Gasteiger partial charge in [0.25, 0.3) is 5.69 Å². The van der Waals surface area contributed by atoms with Gasteiger partial charge in [-0.2, -0.15) is 0 Å². The van der Waals surface area contributed by atoms with Crippen LogP contribution >= 0.6 is 0 Å². The van der Waals surface area contributed by atoms with E-state index in [0.717, 1.165) is 6.20 Å². The fourth-order valence-corrected chi connectivity index (χ4v) is 2.05. The number of ether oxygens (including phenoxy) is 1. The molecule has 2 aromatic rings. The van der Waals surface area contributed by atoms with Gasteiger partial charge in [0.15, 0.2) is 11.6 Å². The van der Waals surface area contributed by atoms with Crippen LogP contribution in [-0.2, 0) is 10.2 Å². The topological polar surface area (TPSA) is 94.4 Å². The molecule has 0 spiro atoms. The number of benzene rings is 1. The highest BCUT2D eigenvalue weighted by atomic mass is 19.1. The monoisotopic (exact) mass is 333 g/mol. The van der Waals surface area contributed by atoms with Crippen molar-refractivity contribution < 1.29 is 18.8 Å². The number of pyridine rings is 1. The number of halogens is 1. The molecule has 0 bridgehead atoms. The van der Waals surface area contributed by atoms with Crippen molar-refractivity contribution in [1.29, 1.82) is 0 Å². The van der Waals surface area contributed by atoms with Gasteiger partial charge in [-0.25, -0.2) is 9.37 Å². The highest BCUT2D eigenvalue weighted by Crippen LogP contribution is 2.29. The number of amides is 1. The summed E-state index contributed by atoms with van der Waals surface area (Å²) in [5, 5.41) is 13.4. The minimum Gasteiger partial charge on any atom is -0.493 e. The van der Waals surface area contributed by atoms with Gasteiger partial charge in [0, 0.05) is 0 Å². The first-order valence-corrected chi connectivity index (χ1v) is 7.01. The molecule has 24 heavy (non-hydrogen) atoms. The maximum absolute atomic E-state index is 13.0. The van der Waals surface area contributed by atoms with Gasteiger partial charge in [0.2, 0.25) is 5.91 Å². The maximum atomic E-state index is 13.0. The van der Waals surface area contributed by atoms with Gasteiger partial charge < -0.3 is 10.1 Å². The Labute approximate surface area is 137 Å². The fourth-order valence-electron chi connectivity index (χ4n) is 2.05. The molecule has 0 fully saturated rings. The van der Waals surface area contributed by atoms with Gasteiger partial charge in [-0.1, -0.05) is 12.1 Å². The summed E-state index contributed by atoms with van der Waals surface area (Å²) in [5.74, 6) is -0.654. The second kappa shape index (κ2) is 6.61. The van der Waals surface area contributed by atoms with Crippen LogP contribution in [0.25, 0.3) is 0 Å². The van der Waals surface area contributed by atoms with Gasteiger partial charge in [0.05, 0.1) is 23.5 Å². The van der Waals surface area contributed by atoms with E-state index in [9.17, 15) is 19.3 Å². The van der Waals surface area contributed by atoms with E-state index in [1.165, 1.54) is 37.4 Å². The molecule has 0 radical (unpaired) electrons. The van der Waals surface area contributed by atoms with Crippen LogP contribution in [0.5, 0.6) is 5.75 Å². The molecule has 7 nitrogen and oxygen atoms in total. The van der Waals surface area contributed by atoms with Crippen LogP contribution in [0.4, 0.5) is 15.9 Å². The van der Waals surface area contributed by atoms with Gasteiger partial charge in [-0.05, 0) is 31.5 Å². The predicted octanol–water partition coefficient (Wildman–Crippen LogP) is 3.05. The average molecular weight is 333 g/mol. The van der Waals surface area contributed by atoms with Crippen LogP contribution in [-0.4, -0.2) is 22.9 Å². The summed E-state index contributed by atoms with van der Waals surface area (Å²) in [6.07, 6.45) is 1.03. The number of carbonyl (C=O) groups excluding carboxylic acids is 1. The molecule has 0 aliphatic carbocycles. The number of nitrogens with zero attached hydrogens (tertiary/aromatic N) is 2. The standard InChI is InChI=1S/C16H16FN3O4/c1-16(2,10-4-6-11(17)7-5-10)15(21)19-14-13(24-3)8-12(9-18-14)20(22)23/h4-9H,1-3H3,(H,18,19,21). The van der Waals surface area contributed by atoms with Crippen molar-refractivity contribution in [3.8, 4) is 5.75 Å². The third-order valence-electron chi connectivity index (χ3n) is 3.63. The third kappa shape index (κ3) is 3.48. The van der Waals surface area contributed by atoms with Crippen molar-refractivity contribution in [1.82, 2.24) is 4.98 Å². The van der Waals surface area contributed by atoms with Crippen molar-refractivity contribution in [3.05, 3.63) is 58.0 Å². The SMILES string of the molecule is COc1cc([N+](=O)[O-])cnc1NC(=O)C(C)(C)c1ccc(F)cc1. The van der Waals surface area contributed by atoms with Crippen molar-refractivity contribution in [3.63, 3.8) is 0 Å². The second-order valence-corrected chi connectivity index (χ2v) is 5.59. The summed E-state index contributed by atoms with van der Waals surface area (Å²) in [6.45, 7) is 3.35. The molecule has 0 aliphatic heterocycles. The molecule has 0 aliphatic rings. The summed E-state index contributed by atoms with van der Waals surface area (Å²) in [7, 11) is 1.32. The fraction of sp³-hybridized carbons (Fsp3) is 0.250. The number of anilines is 1. The zero-order valence-electron chi connectivity index (χ0n) is 13.4. The van der Waals surface area contributed by atoms with Crippen LogP contribution < -0.4 is 10.1 Å². The molecule has 8 heteroatoms. The van der Waals surface area contributed by atoms with E-state index >= 15 is 0 Å². The van der Waals surface area contributed by atoms with Gasteiger partial charge >= 0.3 is 0 Å². The van der Waals surface area contributed by atoms with Crippen molar-refractivity contribution in [2.75, 3.05) is 12.4 Å². The third-order valence-corrected chi connectivity index (χ3v) is 3.63. The van der Waals surface area contributed by atoms with Crippen LogP contribution in [0, 0.1) is 15.9 Å². The Morgan fingerprint density at radius 2 is 1.96 bits per heavy atom. The lowest BCUT2D eigenvalue weighted by Crippen LogP contribution is -2.35. The smallest absolute Gasteiger partial charge is 0.291 e. The highest BCUT2D eigenvalue weighted by Gasteiger charge is 2.31. The lowest BCUT2D eigenvalue weighted by molar-refractivity contribution is -0.385. The first-order chi connectivity index (χ1) is 11.3. The minimum absolute atomic E-state index is 0.0725. The van der Waals surface area contributed by atoms with E-state index in [0.29, 0.717) is 5.56 Å². The molecule has 0 atom stereocenters. The molecule has 1 aromatic carbocycles. The summed E-state index contributed by atoms with van der Waals surface area (Å²) >= 11 is 0. The first kappa shape index (κ1) is 17.3. The normalized spacial score (nSPS) is 11.0. The Balaban J connectivity index is 2.28. The first-order valence-electron chi connectivity index (χ1n) is 7.01. The Morgan fingerprint density at radius 1 is 1.33 bits per heavy atom. The van der Waals surface area contributed by atoms with E-state index in [2.05, 4.69) is 10.3 Å². The van der Waals surface area contributed by atoms with E-state index in [1.807, 2.05) is 0 Å². The molecule has 0 saturated heterocycles. The Hall–Kier alpha value is -3.03. The van der Waals surface area contributed by atoms with Crippen molar-refractivity contribution in [2.24, 2.45) is 0 Å². The minimum atomic E-state index is -0.970. The Morgan fingerprint density at radius 3 is 2.50 bits per heavy atom. The number of carbonyl (C=O) groups is 1. The highest BCUT2D eigenvalue weighted by molar-refractivity contribution is 5.98. The molecule has 0 saturated carbocycles. The average Bonchev–Trinajstić information content (AvgIpc) is 2.55. The van der Waals surface area contributed by atoms with Crippen molar-refractivity contribution >= 4 is 17.4 Å². The molecule has 1 heterocycles. The lowest BCUT2D eigenvalue weighted by atomic mass is 9.83. The Kier molecular flexibility index (Phi) is 4.77. The van der Waals surface area contributed by atoms with E-state index < -0.39 is 22.1 Å². The number of aromatic nitrogens is 1. The van der Waals surface area contributed by atoms with Crippen LogP contribution in [0.15, 0.2) is 36.5 Å². The van der Waals surface area contributed by atoms with Crippen LogP contribution in [0.1, 0.15) is 19.4 Å². The van der Waals surface area contributed by atoms with Crippen molar-refractivity contribution in [2.45, 2.75) is 19.3 Å². The lowest BCUT2D eigenvalue weighted by Gasteiger charge is -2.24. The molecule has 1 aromatic heterocycles. The molecule has 1 amide bonds. The number of nitro groups is 1. The molecular formula is C16H16FN3O4. The predicted molar refractivity (Wildman–Crippen MR) is 85.5 cm³/mol. The van der Waals surface area contributed by atoms with E-state index in [1.54, 1.807) is 13.8 Å².